The van der Waals surface area contributed by atoms with Crippen LogP contribution in [0.15, 0.2) is 9.85 Å². The van der Waals surface area contributed by atoms with E-state index < -0.39 is 17.8 Å². The number of halogens is 4. The molecule has 1 aromatic rings. The lowest BCUT2D eigenvalue weighted by molar-refractivity contribution is -0.137. The van der Waals surface area contributed by atoms with E-state index in [1.807, 2.05) is 0 Å². The van der Waals surface area contributed by atoms with Gasteiger partial charge in [0.2, 0.25) is 0 Å². The second-order valence-corrected chi connectivity index (χ2v) is 6.02. The van der Waals surface area contributed by atoms with Gasteiger partial charge in [0.25, 0.3) is 0 Å². The van der Waals surface area contributed by atoms with Gasteiger partial charge in [-0.1, -0.05) is 12.8 Å². The lowest BCUT2D eigenvalue weighted by Gasteiger charge is -2.17. The van der Waals surface area contributed by atoms with Crippen LogP contribution >= 0.6 is 27.3 Å². The predicted molar refractivity (Wildman–Crippen MR) is 63.9 cm³/mol. The number of alkyl halides is 3. The van der Waals surface area contributed by atoms with Crippen LogP contribution in [0.1, 0.15) is 42.2 Å². The maximum absolute atomic E-state index is 12.6. The van der Waals surface area contributed by atoms with Gasteiger partial charge < -0.3 is 5.11 Å². The molecule has 1 aliphatic rings. The van der Waals surface area contributed by atoms with Crippen molar-refractivity contribution in [3.63, 3.8) is 0 Å². The lowest BCUT2D eigenvalue weighted by atomic mass is 9.99. The number of aliphatic hydroxyl groups is 1. The molecule has 1 atom stereocenters. The van der Waals surface area contributed by atoms with E-state index in [0.717, 1.165) is 42.4 Å². The molecular formula is C11H12BrF3OS. The summed E-state index contributed by atoms with van der Waals surface area (Å²) in [4.78, 5) is 0.407. The first-order chi connectivity index (χ1) is 7.91. The second kappa shape index (κ2) is 4.90. The van der Waals surface area contributed by atoms with Crippen molar-refractivity contribution in [3.8, 4) is 0 Å². The highest BCUT2D eigenvalue weighted by molar-refractivity contribution is 9.10. The van der Waals surface area contributed by atoms with Crippen LogP contribution in [0.25, 0.3) is 0 Å². The third-order valence-electron chi connectivity index (χ3n) is 3.18. The minimum atomic E-state index is -4.36. The van der Waals surface area contributed by atoms with Crippen LogP contribution in [0.4, 0.5) is 13.2 Å². The molecule has 1 nitrogen and oxygen atoms in total. The van der Waals surface area contributed by atoms with Crippen molar-refractivity contribution < 1.29 is 18.3 Å². The van der Waals surface area contributed by atoms with Crippen LogP contribution in [0, 0.1) is 5.92 Å². The predicted octanol–water partition coefficient (Wildman–Crippen LogP) is 4.75. The molecule has 1 N–H and O–H groups in total. The van der Waals surface area contributed by atoms with E-state index in [2.05, 4.69) is 15.9 Å². The van der Waals surface area contributed by atoms with Gasteiger partial charge in [0.15, 0.2) is 0 Å². The third kappa shape index (κ3) is 2.69. The van der Waals surface area contributed by atoms with E-state index in [-0.39, 0.29) is 10.4 Å². The fourth-order valence-electron chi connectivity index (χ4n) is 2.24. The van der Waals surface area contributed by atoms with E-state index in [4.69, 9.17) is 0 Å². The Morgan fingerprint density at radius 1 is 1.35 bits per heavy atom. The number of rotatable bonds is 2. The van der Waals surface area contributed by atoms with Crippen molar-refractivity contribution in [2.24, 2.45) is 5.92 Å². The highest BCUT2D eigenvalue weighted by Crippen LogP contribution is 2.46. The fourth-order valence-corrected chi connectivity index (χ4v) is 4.28. The minimum Gasteiger partial charge on any atom is -0.387 e. The Morgan fingerprint density at radius 3 is 2.41 bits per heavy atom. The van der Waals surface area contributed by atoms with Crippen molar-refractivity contribution in [1.82, 2.24) is 0 Å². The highest BCUT2D eigenvalue weighted by Gasteiger charge is 2.37. The molecule has 2 rings (SSSR count). The highest BCUT2D eigenvalue weighted by atomic mass is 79.9. The summed E-state index contributed by atoms with van der Waals surface area (Å²) in [5.41, 5.74) is -0.686. The first-order valence-corrected chi connectivity index (χ1v) is 7.10. The standard InChI is InChI=1S/C11H12BrF3OS/c12-8-7(11(13,14)15)5-17-10(8)9(16)6-3-1-2-4-6/h5-6,9,16H,1-4H2. The molecule has 0 aromatic carbocycles. The molecule has 0 radical (unpaired) electrons. The van der Waals surface area contributed by atoms with Crippen LogP contribution in [0.2, 0.25) is 0 Å². The minimum absolute atomic E-state index is 0.00870. The van der Waals surface area contributed by atoms with Gasteiger partial charge in [-0.25, -0.2) is 0 Å². The molecule has 0 saturated heterocycles. The normalized spacial score (nSPS) is 19.8. The van der Waals surface area contributed by atoms with Crippen molar-refractivity contribution in [3.05, 3.63) is 20.3 Å². The quantitative estimate of drug-likeness (QED) is 0.830. The van der Waals surface area contributed by atoms with Gasteiger partial charge in [-0.2, -0.15) is 13.2 Å². The summed E-state index contributed by atoms with van der Waals surface area (Å²) in [5.74, 6) is 0.103. The first kappa shape index (κ1) is 13.4. The Labute approximate surface area is 110 Å². The van der Waals surface area contributed by atoms with E-state index >= 15 is 0 Å². The smallest absolute Gasteiger partial charge is 0.387 e. The Bertz CT molecular complexity index is 396. The van der Waals surface area contributed by atoms with Crippen LogP contribution in [-0.2, 0) is 6.18 Å². The van der Waals surface area contributed by atoms with Gasteiger partial charge in [-0.15, -0.1) is 11.3 Å². The lowest BCUT2D eigenvalue weighted by Crippen LogP contribution is -2.09. The van der Waals surface area contributed by atoms with E-state index in [0.29, 0.717) is 4.88 Å². The Hall–Kier alpha value is -0.0700. The molecule has 0 spiro atoms. The molecule has 0 amide bonds. The Morgan fingerprint density at radius 2 is 1.94 bits per heavy atom. The van der Waals surface area contributed by atoms with Crippen LogP contribution < -0.4 is 0 Å². The number of thiophene rings is 1. The molecule has 6 heteroatoms. The van der Waals surface area contributed by atoms with E-state index in [1.54, 1.807) is 0 Å². The zero-order valence-electron chi connectivity index (χ0n) is 8.93. The summed E-state index contributed by atoms with van der Waals surface area (Å²) < 4.78 is 37.8. The number of hydrogen-bond donors (Lipinski definition) is 1. The largest absolute Gasteiger partial charge is 0.418 e. The number of hydrogen-bond acceptors (Lipinski definition) is 2. The second-order valence-electron chi connectivity index (χ2n) is 4.31. The number of aliphatic hydroxyl groups excluding tert-OH is 1. The van der Waals surface area contributed by atoms with Gasteiger partial charge in [0.1, 0.15) is 0 Å². The summed E-state index contributed by atoms with van der Waals surface area (Å²) >= 11 is 3.95. The molecule has 1 heterocycles. The molecule has 96 valence electrons. The molecule has 0 aliphatic heterocycles. The molecule has 0 bridgehead atoms. The average Bonchev–Trinajstić information content (AvgIpc) is 2.83. The zero-order chi connectivity index (χ0) is 12.6. The summed E-state index contributed by atoms with van der Waals surface area (Å²) in [6, 6.07) is 0. The third-order valence-corrected chi connectivity index (χ3v) is 5.35. The van der Waals surface area contributed by atoms with Gasteiger partial charge >= 0.3 is 6.18 Å². The average molecular weight is 329 g/mol. The molecule has 1 aliphatic carbocycles. The summed E-state index contributed by atoms with van der Waals surface area (Å²) in [5, 5.41) is 11.2. The fraction of sp³-hybridized carbons (Fsp3) is 0.636. The van der Waals surface area contributed by atoms with Crippen LogP contribution in [-0.4, -0.2) is 5.11 Å². The van der Waals surface area contributed by atoms with Crippen LogP contribution in [0.3, 0.4) is 0 Å². The maximum Gasteiger partial charge on any atom is 0.418 e. The van der Waals surface area contributed by atoms with Crippen molar-refractivity contribution in [2.75, 3.05) is 0 Å². The molecular weight excluding hydrogens is 317 g/mol. The summed E-state index contributed by atoms with van der Waals surface area (Å²) in [6.07, 6.45) is -1.23. The van der Waals surface area contributed by atoms with Crippen molar-refractivity contribution >= 4 is 27.3 Å². The van der Waals surface area contributed by atoms with Gasteiger partial charge in [-0.3, -0.25) is 0 Å². The van der Waals surface area contributed by atoms with E-state index in [1.165, 1.54) is 0 Å². The summed E-state index contributed by atoms with van der Waals surface area (Å²) in [7, 11) is 0. The first-order valence-electron chi connectivity index (χ1n) is 5.43. The van der Waals surface area contributed by atoms with Gasteiger partial charge in [0, 0.05) is 14.7 Å². The topological polar surface area (TPSA) is 20.2 Å². The SMILES string of the molecule is OC(c1scc(C(F)(F)F)c1Br)C1CCCC1. The molecule has 1 fully saturated rings. The van der Waals surface area contributed by atoms with Crippen LogP contribution in [0.5, 0.6) is 0 Å². The molecule has 1 saturated carbocycles. The monoisotopic (exact) mass is 328 g/mol. The van der Waals surface area contributed by atoms with E-state index in [9.17, 15) is 18.3 Å². The maximum atomic E-state index is 12.6. The Kier molecular flexibility index (Phi) is 3.85. The van der Waals surface area contributed by atoms with Crippen molar-refractivity contribution in [1.29, 1.82) is 0 Å². The van der Waals surface area contributed by atoms with Crippen molar-refractivity contribution in [2.45, 2.75) is 38.0 Å². The molecule has 1 aromatic heterocycles. The Balaban J connectivity index is 2.24. The molecule has 1 unspecified atom stereocenters. The van der Waals surface area contributed by atoms with Gasteiger partial charge in [0.05, 0.1) is 11.7 Å². The zero-order valence-corrected chi connectivity index (χ0v) is 11.3. The summed E-state index contributed by atoms with van der Waals surface area (Å²) in [6.45, 7) is 0. The van der Waals surface area contributed by atoms with Gasteiger partial charge in [-0.05, 0) is 34.7 Å². The molecule has 17 heavy (non-hydrogen) atoms.